The fourth-order valence-electron chi connectivity index (χ4n) is 3.59. The number of aryl methyl sites for hydroxylation is 1. The second kappa shape index (κ2) is 10.4. The molecule has 5 nitrogen and oxygen atoms in total. The van der Waals surface area contributed by atoms with Crippen molar-refractivity contribution in [2.45, 2.75) is 26.3 Å². The first-order chi connectivity index (χ1) is 16.0. The van der Waals surface area contributed by atoms with Crippen molar-refractivity contribution in [2.75, 3.05) is 16.8 Å². The highest BCUT2D eigenvalue weighted by atomic mass is 35.5. The normalized spacial score (nSPS) is 10.9. The summed E-state index contributed by atoms with van der Waals surface area (Å²) < 4.78 is 13.1. The zero-order valence-electron chi connectivity index (χ0n) is 18.3. The number of aromatic nitrogens is 2. The monoisotopic (exact) mass is 462 g/mol. The molecular formula is C26H24ClFN4O. The predicted octanol–water partition coefficient (Wildman–Crippen LogP) is 6.02. The third-order valence-corrected chi connectivity index (χ3v) is 5.49. The Labute approximate surface area is 197 Å². The van der Waals surface area contributed by atoms with E-state index in [0.29, 0.717) is 36.0 Å². The van der Waals surface area contributed by atoms with E-state index in [1.807, 2.05) is 55.5 Å². The molecule has 1 amide bonds. The number of halogens is 2. The molecule has 0 bridgehead atoms. The SMILES string of the molecule is CCc1nc(N(CCC(=O)Nc2ccc(F)cc2)Cc2ccccc2)c2ccc(Cl)cc2n1. The standard InChI is InChI=1S/C26H24ClFN4O/c1-2-24-30-23-16-19(27)8-13-22(23)26(31-24)32(17-18-6-4-3-5-7-18)15-14-25(33)29-21-11-9-20(28)10-12-21/h3-13,16H,2,14-15,17H2,1H3,(H,29,33). The van der Waals surface area contributed by atoms with Crippen molar-refractivity contribution in [1.82, 2.24) is 9.97 Å². The first kappa shape index (κ1) is 22.7. The van der Waals surface area contributed by atoms with Gasteiger partial charge < -0.3 is 10.2 Å². The molecule has 3 aromatic carbocycles. The van der Waals surface area contributed by atoms with E-state index in [4.69, 9.17) is 16.6 Å². The van der Waals surface area contributed by atoms with E-state index in [0.717, 1.165) is 22.3 Å². The summed E-state index contributed by atoms with van der Waals surface area (Å²) in [6, 6.07) is 21.4. The number of rotatable bonds is 8. The van der Waals surface area contributed by atoms with E-state index in [1.165, 1.54) is 12.1 Å². The Morgan fingerprint density at radius 2 is 1.79 bits per heavy atom. The molecule has 0 atom stereocenters. The van der Waals surface area contributed by atoms with Crippen molar-refractivity contribution >= 4 is 39.9 Å². The fourth-order valence-corrected chi connectivity index (χ4v) is 3.76. The second-order valence-corrected chi connectivity index (χ2v) is 8.13. The predicted molar refractivity (Wildman–Crippen MR) is 131 cm³/mol. The Bertz CT molecular complexity index is 1250. The van der Waals surface area contributed by atoms with Gasteiger partial charge in [-0.25, -0.2) is 14.4 Å². The molecule has 1 heterocycles. The van der Waals surface area contributed by atoms with Crippen molar-refractivity contribution in [1.29, 1.82) is 0 Å². The number of carbonyl (C=O) groups excluding carboxylic acids is 1. The Morgan fingerprint density at radius 3 is 2.52 bits per heavy atom. The molecule has 4 aromatic rings. The molecule has 7 heteroatoms. The first-order valence-corrected chi connectivity index (χ1v) is 11.2. The third kappa shape index (κ3) is 5.84. The summed E-state index contributed by atoms with van der Waals surface area (Å²) in [5, 5.41) is 4.32. The number of fused-ring (bicyclic) bond motifs is 1. The highest BCUT2D eigenvalue weighted by Gasteiger charge is 2.17. The molecule has 168 valence electrons. The lowest BCUT2D eigenvalue weighted by molar-refractivity contribution is -0.116. The number of carbonyl (C=O) groups is 1. The lowest BCUT2D eigenvalue weighted by Crippen LogP contribution is -2.29. The number of nitrogens with zero attached hydrogens (tertiary/aromatic N) is 3. The van der Waals surface area contributed by atoms with Crippen LogP contribution in [0.25, 0.3) is 10.9 Å². The van der Waals surface area contributed by atoms with Gasteiger partial charge in [-0.2, -0.15) is 0 Å². The van der Waals surface area contributed by atoms with Gasteiger partial charge in [0.2, 0.25) is 5.91 Å². The third-order valence-electron chi connectivity index (χ3n) is 5.25. The molecule has 0 aliphatic rings. The molecule has 0 saturated carbocycles. The van der Waals surface area contributed by atoms with Crippen molar-refractivity contribution in [3.8, 4) is 0 Å². The molecule has 1 N–H and O–H groups in total. The highest BCUT2D eigenvalue weighted by molar-refractivity contribution is 6.31. The van der Waals surface area contributed by atoms with Crippen LogP contribution in [-0.2, 0) is 17.8 Å². The van der Waals surface area contributed by atoms with Crippen LogP contribution >= 0.6 is 11.6 Å². The number of anilines is 2. The van der Waals surface area contributed by atoms with Crippen LogP contribution in [0.15, 0.2) is 72.8 Å². The molecule has 0 unspecified atom stereocenters. The molecule has 4 rings (SSSR count). The quantitative estimate of drug-likeness (QED) is 0.348. The van der Waals surface area contributed by atoms with Crippen molar-refractivity contribution in [3.05, 3.63) is 95.0 Å². The van der Waals surface area contributed by atoms with Crippen LogP contribution in [-0.4, -0.2) is 22.4 Å². The Morgan fingerprint density at radius 1 is 1.03 bits per heavy atom. The number of hydrogen-bond donors (Lipinski definition) is 1. The zero-order chi connectivity index (χ0) is 23.2. The molecular weight excluding hydrogens is 439 g/mol. The molecule has 0 radical (unpaired) electrons. The van der Waals surface area contributed by atoms with Crippen LogP contribution in [0.2, 0.25) is 5.02 Å². The fraction of sp³-hybridized carbons (Fsp3) is 0.192. The molecule has 0 aliphatic carbocycles. The smallest absolute Gasteiger partial charge is 0.226 e. The topological polar surface area (TPSA) is 58.1 Å². The lowest BCUT2D eigenvalue weighted by Gasteiger charge is -2.25. The zero-order valence-corrected chi connectivity index (χ0v) is 19.0. The van der Waals surface area contributed by atoms with Crippen LogP contribution < -0.4 is 10.2 Å². The van der Waals surface area contributed by atoms with E-state index in [2.05, 4.69) is 15.2 Å². The molecule has 0 saturated heterocycles. The van der Waals surface area contributed by atoms with Crippen LogP contribution in [0.3, 0.4) is 0 Å². The maximum Gasteiger partial charge on any atom is 0.226 e. The average molecular weight is 463 g/mol. The first-order valence-electron chi connectivity index (χ1n) is 10.8. The van der Waals surface area contributed by atoms with Gasteiger partial charge in [0.25, 0.3) is 0 Å². The number of hydrogen-bond acceptors (Lipinski definition) is 4. The number of benzene rings is 3. The Kier molecular flexibility index (Phi) is 7.15. The van der Waals surface area contributed by atoms with Gasteiger partial charge in [-0.1, -0.05) is 48.9 Å². The molecule has 0 aliphatic heterocycles. The summed E-state index contributed by atoms with van der Waals surface area (Å²) in [6.45, 7) is 3.04. The second-order valence-electron chi connectivity index (χ2n) is 7.69. The molecule has 0 fully saturated rings. The average Bonchev–Trinajstić information content (AvgIpc) is 2.83. The van der Waals surface area contributed by atoms with Gasteiger partial charge in [-0.15, -0.1) is 0 Å². The van der Waals surface area contributed by atoms with Gasteiger partial charge in [0.05, 0.1) is 5.52 Å². The van der Waals surface area contributed by atoms with Gasteiger partial charge in [0.1, 0.15) is 17.5 Å². The van der Waals surface area contributed by atoms with E-state index < -0.39 is 0 Å². The summed E-state index contributed by atoms with van der Waals surface area (Å²) in [7, 11) is 0. The van der Waals surface area contributed by atoms with Gasteiger partial charge in [0, 0.05) is 42.0 Å². The summed E-state index contributed by atoms with van der Waals surface area (Å²) in [4.78, 5) is 24.2. The van der Waals surface area contributed by atoms with E-state index >= 15 is 0 Å². The summed E-state index contributed by atoms with van der Waals surface area (Å²) in [5.41, 5.74) is 2.44. The molecule has 33 heavy (non-hydrogen) atoms. The van der Waals surface area contributed by atoms with E-state index in [1.54, 1.807) is 12.1 Å². The number of nitrogens with one attached hydrogen (secondary N) is 1. The Balaban J connectivity index is 1.62. The summed E-state index contributed by atoms with van der Waals surface area (Å²) in [5.74, 6) is 0.988. The van der Waals surface area contributed by atoms with Crippen LogP contribution in [0.4, 0.5) is 15.9 Å². The minimum Gasteiger partial charge on any atom is -0.351 e. The van der Waals surface area contributed by atoms with Crippen molar-refractivity contribution < 1.29 is 9.18 Å². The van der Waals surface area contributed by atoms with E-state index in [-0.39, 0.29) is 18.1 Å². The summed E-state index contributed by atoms with van der Waals surface area (Å²) in [6.07, 6.45) is 0.921. The van der Waals surface area contributed by atoms with Gasteiger partial charge in [-0.05, 0) is 48.0 Å². The van der Waals surface area contributed by atoms with Crippen LogP contribution in [0.1, 0.15) is 24.7 Å². The van der Waals surface area contributed by atoms with Crippen molar-refractivity contribution in [3.63, 3.8) is 0 Å². The van der Waals surface area contributed by atoms with Crippen molar-refractivity contribution in [2.24, 2.45) is 0 Å². The highest BCUT2D eigenvalue weighted by Crippen LogP contribution is 2.28. The van der Waals surface area contributed by atoms with Crippen LogP contribution in [0.5, 0.6) is 0 Å². The van der Waals surface area contributed by atoms with Gasteiger partial charge in [-0.3, -0.25) is 4.79 Å². The minimum absolute atomic E-state index is 0.156. The lowest BCUT2D eigenvalue weighted by atomic mass is 10.1. The maximum atomic E-state index is 13.1. The summed E-state index contributed by atoms with van der Waals surface area (Å²) >= 11 is 6.21. The maximum absolute atomic E-state index is 13.1. The largest absolute Gasteiger partial charge is 0.351 e. The molecule has 0 spiro atoms. The van der Waals surface area contributed by atoms with E-state index in [9.17, 15) is 9.18 Å². The van der Waals surface area contributed by atoms with Gasteiger partial charge in [0.15, 0.2) is 0 Å². The minimum atomic E-state index is -0.343. The Hall–Kier alpha value is -3.51. The number of amides is 1. The van der Waals surface area contributed by atoms with Crippen LogP contribution in [0, 0.1) is 5.82 Å². The van der Waals surface area contributed by atoms with Gasteiger partial charge >= 0.3 is 0 Å². The molecule has 1 aromatic heterocycles.